The Morgan fingerprint density at radius 3 is 3.04 bits per heavy atom. The number of benzene rings is 2. The van der Waals surface area contributed by atoms with Crippen molar-refractivity contribution in [2.75, 3.05) is 16.8 Å². The topological polar surface area (TPSA) is 74.1 Å². The summed E-state index contributed by atoms with van der Waals surface area (Å²) in [6, 6.07) is 9.91. The summed E-state index contributed by atoms with van der Waals surface area (Å²) in [5.41, 5.74) is 2.90. The van der Waals surface area contributed by atoms with Gasteiger partial charge in [0.2, 0.25) is 0 Å². The number of anilines is 2. The van der Waals surface area contributed by atoms with Crippen molar-refractivity contribution in [3.05, 3.63) is 59.7 Å². The fourth-order valence-electron chi connectivity index (χ4n) is 2.83. The van der Waals surface area contributed by atoms with Gasteiger partial charge >= 0.3 is 0 Å². The van der Waals surface area contributed by atoms with E-state index in [1.165, 1.54) is 18.5 Å². The molecule has 7 nitrogen and oxygen atoms in total. The summed E-state index contributed by atoms with van der Waals surface area (Å²) in [6.07, 6.45) is 3.11. The minimum absolute atomic E-state index is 0.313. The number of hydrogen-bond acceptors (Lipinski definition) is 7. The van der Waals surface area contributed by atoms with Gasteiger partial charge in [-0.25, -0.2) is 24.2 Å². The van der Waals surface area contributed by atoms with E-state index in [0.717, 1.165) is 21.7 Å². The molecular formula is C18H16FN5O2. The van der Waals surface area contributed by atoms with Crippen molar-refractivity contribution in [1.82, 2.24) is 9.97 Å². The molecule has 132 valence electrons. The molecule has 2 aromatic carbocycles. The van der Waals surface area contributed by atoms with Gasteiger partial charge in [-0.15, -0.1) is 5.23 Å². The zero-order valence-electron chi connectivity index (χ0n) is 14.0. The predicted molar refractivity (Wildman–Crippen MR) is 95.6 cm³/mol. The van der Waals surface area contributed by atoms with Crippen molar-refractivity contribution >= 4 is 28.6 Å². The summed E-state index contributed by atoms with van der Waals surface area (Å²) in [4.78, 5) is 13.5. The van der Waals surface area contributed by atoms with E-state index in [1.54, 1.807) is 23.4 Å². The third-order valence-corrected chi connectivity index (χ3v) is 4.12. The van der Waals surface area contributed by atoms with Gasteiger partial charge in [-0.3, -0.25) is 5.21 Å². The first-order chi connectivity index (χ1) is 12.7. The molecule has 0 aliphatic carbocycles. The Morgan fingerprint density at radius 1 is 1.31 bits per heavy atom. The molecule has 0 bridgehead atoms. The van der Waals surface area contributed by atoms with Gasteiger partial charge in [-0.2, -0.15) is 5.10 Å². The van der Waals surface area contributed by atoms with Crippen LogP contribution in [-0.4, -0.2) is 27.9 Å². The van der Waals surface area contributed by atoms with Crippen LogP contribution in [0.5, 0.6) is 0 Å². The summed E-state index contributed by atoms with van der Waals surface area (Å²) in [7, 11) is 0. The fraction of sp³-hybridized carbons (Fsp3) is 0.167. The van der Waals surface area contributed by atoms with Crippen LogP contribution in [0.2, 0.25) is 0 Å². The van der Waals surface area contributed by atoms with E-state index < -0.39 is 0 Å². The number of aromatic nitrogens is 2. The van der Waals surface area contributed by atoms with Crippen LogP contribution in [0.3, 0.4) is 0 Å². The molecule has 1 aromatic heterocycles. The van der Waals surface area contributed by atoms with Crippen LogP contribution in [-0.2, 0) is 11.4 Å². The Kier molecular flexibility index (Phi) is 4.19. The van der Waals surface area contributed by atoms with Crippen molar-refractivity contribution in [1.29, 1.82) is 0 Å². The first kappa shape index (κ1) is 16.4. The molecule has 0 saturated heterocycles. The first-order valence-electron chi connectivity index (χ1n) is 8.12. The van der Waals surface area contributed by atoms with E-state index in [4.69, 9.17) is 4.84 Å². The van der Waals surface area contributed by atoms with E-state index >= 15 is 0 Å². The number of halogens is 1. The number of hydrazone groups is 1. The first-order valence-corrected chi connectivity index (χ1v) is 8.12. The van der Waals surface area contributed by atoms with Crippen LogP contribution in [0, 0.1) is 5.82 Å². The summed E-state index contributed by atoms with van der Waals surface area (Å²) >= 11 is 0. The lowest BCUT2D eigenvalue weighted by Crippen LogP contribution is -2.17. The number of hydrogen-bond donors (Lipinski definition) is 1. The van der Waals surface area contributed by atoms with Crippen LogP contribution < -0.4 is 10.2 Å². The summed E-state index contributed by atoms with van der Waals surface area (Å²) in [5.74, 6) is 0.270. The largest absolute Gasteiger partial charge is 0.264 e. The molecule has 0 fully saturated rings. The molecular weight excluding hydrogens is 337 g/mol. The van der Waals surface area contributed by atoms with Crippen LogP contribution in [0.25, 0.3) is 10.9 Å². The van der Waals surface area contributed by atoms with Crippen LogP contribution in [0.4, 0.5) is 15.9 Å². The van der Waals surface area contributed by atoms with Crippen molar-refractivity contribution < 1.29 is 14.4 Å². The third kappa shape index (κ3) is 2.96. The highest BCUT2D eigenvalue weighted by molar-refractivity contribution is 5.90. The molecule has 0 atom stereocenters. The van der Waals surface area contributed by atoms with Crippen LogP contribution in [0.1, 0.15) is 18.1 Å². The van der Waals surface area contributed by atoms with E-state index in [0.29, 0.717) is 30.2 Å². The minimum Gasteiger partial charge on any atom is -0.264 e. The quantitative estimate of drug-likeness (QED) is 0.573. The van der Waals surface area contributed by atoms with Gasteiger partial charge in [0.05, 0.1) is 11.7 Å². The van der Waals surface area contributed by atoms with E-state index in [-0.39, 0.29) is 5.82 Å². The normalized spacial score (nSPS) is 13.6. The highest BCUT2D eigenvalue weighted by atomic mass is 19.1. The average Bonchev–Trinajstić information content (AvgIpc) is 3.02. The van der Waals surface area contributed by atoms with Gasteiger partial charge in [0.1, 0.15) is 24.4 Å². The van der Waals surface area contributed by atoms with Gasteiger partial charge in [-0.1, -0.05) is 6.07 Å². The molecule has 0 saturated carbocycles. The van der Waals surface area contributed by atoms with Crippen molar-refractivity contribution in [3.8, 4) is 0 Å². The molecule has 26 heavy (non-hydrogen) atoms. The minimum atomic E-state index is -0.341. The molecule has 1 N–H and O–H groups in total. The monoisotopic (exact) mass is 353 g/mol. The van der Waals surface area contributed by atoms with Crippen molar-refractivity contribution in [2.24, 2.45) is 5.10 Å². The lowest BCUT2D eigenvalue weighted by molar-refractivity contribution is -0.0329. The van der Waals surface area contributed by atoms with Crippen LogP contribution >= 0.6 is 0 Å². The van der Waals surface area contributed by atoms with E-state index in [9.17, 15) is 9.60 Å². The highest BCUT2D eigenvalue weighted by Gasteiger charge is 2.18. The Hall–Kier alpha value is -3.10. The lowest BCUT2D eigenvalue weighted by Gasteiger charge is -2.17. The molecule has 1 aliphatic heterocycles. The van der Waals surface area contributed by atoms with Crippen molar-refractivity contribution in [2.45, 2.75) is 13.5 Å². The Bertz CT molecular complexity index is 994. The molecule has 3 aromatic rings. The van der Waals surface area contributed by atoms with Crippen molar-refractivity contribution in [3.63, 3.8) is 0 Å². The molecule has 0 radical (unpaired) electrons. The molecule has 4 rings (SSSR count). The second-order valence-corrected chi connectivity index (χ2v) is 5.75. The number of fused-ring (bicyclic) bond motifs is 2. The second-order valence-electron chi connectivity index (χ2n) is 5.75. The number of rotatable bonds is 4. The van der Waals surface area contributed by atoms with E-state index in [2.05, 4.69) is 15.1 Å². The van der Waals surface area contributed by atoms with Gasteiger partial charge in [0, 0.05) is 23.6 Å². The maximum absolute atomic E-state index is 13.4. The Labute approximate surface area is 148 Å². The molecule has 0 unspecified atom stereocenters. The highest BCUT2D eigenvalue weighted by Crippen LogP contribution is 2.28. The molecule has 0 amide bonds. The zero-order valence-corrected chi connectivity index (χ0v) is 14.0. The Morgan fingerprint density at radius 2 is 2.19 bits per heavy atom. The smallest absolute Gasteiger partial charge is 0.160 e. The summed E-state index contributed by atoms with van der Waals surface area (Å²) in [5, 5.41) is 17.3. The molecule has 2 heterocycles. The molecule has 1 aliphatic rings. The van der Waals surface area contributed by atoms with Gasteiger partial charge in [-0.05, 0) is 36.8 Å². The summed E-state index contributed by atoms with van der Waals surface area (Å²) < 4.78 is 13.4. The fourth-order valence-corrected chi connectivity index (χ4v) is 2.83. The number of nitrogens with zero attached hydrogens (tertiary/aromatic N) is 5. The second kappa shape index (κ2) is 6.66. The van der Waals surface area contributed by atoms with Gasteiger partial charge < -0.3 is 0 Å². The van der Waals surface area contributed by atoms with E-state index in [1.807, 2.05) is 19.1 Å². The maximum atomic E-state index is 13.4. The molecule has 8 heteroatoms. The Balaban J connectivity index is 1.65. The zero-order chi connectivity index (χ0) is 18.1. The van der Waals surface area contributed by atoms with Gasteiger partial charge in [0.25, 0.3) is 0 Å². The molecule has 0 spiro atoms. The maximum Gasteiger partial charge on any atom is 0.160 e. The summed E-state index contributed by atoms with van der Waals surface area (Å²) in [6.45, 7) is 2.85. The average molecular weight is 353 g/mol. The van der Waals surface area contributed by atoms with Gasteiger partial charge in [0.15, 0.2) is 5.82 Å². The third-order valence-electron chi connectivity index (χ3n) is 4.12. The predicted octanol–water partition coefficient (Wildman–Crippen LogP) is 3.27. The lowest BCUT2D eigenvalue weighted by atomic mass is 10.1. The van der Waals surface area contributed by atoms with Crippen LogP contribution in [0.15, 0.2) is 47.8 Å². The standard InChI is InChI=1S/C18H16FN5O2/c1-2-23(18-15-5-4-14(19)8-16(15)20-11-21-18)22-9-12-3-6-17-13(7-12)10-26-24(17)25/h3-9,11,25H,2,10H2,1H3/b22-9+. The SMILES string of the molecule is CCN(/N=C/c1ccc2c(c1)CON2O)c1ncnc2cc(F)ccc12.